The van der Waals surface area contributed by atoms with Crippen molar-refractivity contribution < 1.29 is 13.2 Å². The third-order valence-corrected chi connectivity index (χ3v) is 3.87. The molecule has 0 aliphatic heterocycles. The van der Waals surface area contributed by atoms with Crippen LogP contribution in [0, 0.1) is 5.82 Å². The average molecular weight is 295 g/mol. The standard InChI is InChI=1S/C15H16F3N3/c1-19-8-10-3-2-9(6-13(10)16)11-7-12(11)14-4-5-21(20-14)15(17)18/h2-6,11-12,15,19H,7-8H2,1H3/t11?,12-/m1/s1. The van der Waals surface area contributed by atoms with Gasteiger partial charge in [0, 0.05) is 24.2 Å². The van der Waals surface area contributed by atoms with Gasteiger partial charge in [-0.25, -0.2) is 9.07 Å². The van der Waals surface area contributed by atoms with Crippen LogP contribution in [-0.4, -0.2) is 16.8 Å². The molecule has 0 spiro atoms. The fourth-order valence-electron chi connectivity index (χ4n) is 2.68. The zero-order valence-corrected chi connectivity index (χ0v) is 11.6. The van der Waals surface area contributed by atoms with Gasteiger partial charge in [-0.15, -0.1) is 0 Å². The lowest BCUT2D eigenvalue weighted by atomic mass is 10.0. The van der Waals surface area contributed by atoms with E-state index in [0.717, 1.165) is 12.0 Å². The zero-order valence-electron chi connectivity index (χ0n) is 11.6. The largest absolute Gasteiger partial charge is 0.333 e. The summed E-state index contributed by atoms with van der Waals surface area (Å²) in [5, 5.41) is 6.79. The molecule has 1 N–H and O–H groups in total. The van der Waals surface area contributed by atoms with Gasteiger partial charge in [-0.3, -0.25) is 0 Å². The Morgan fingerprint density at radius 2 is 2.14 bits per heavy atom. The maximum absolute atomic E-state index is 13.9. The number of nitrogens with one attached hydrogen (secondary N) is 1. The summed E-state index contributed by atoms with van der Waals surface area (Å²) in [6.07, 6.45) is 2.11. The SMILES string of the molecule is CNCc1ccc(C2C[C@H]2c2ccn(C(F)F)n2)cc1F. The molecule has 1 aliphatic rings. The molecule has 6 heteroatoms. The molecule has 1 saturated carbocycles. The molecular formula is C15H16F3N3. The lowest BCUT2D eigenvalue weighted by molar-refractivity contribution is 0.0562. The Kier molecular flexibility index (Phi) is 3.71. The van der Waals surface area contributed by atoms with Crippen LogP contribution in [0.4, 0.5) is 13.2 Å². The third-order valence-electron chi connectivity index (χ3n) is 3.87. The number of alkyl halides is 2. The minimum absolute atomic E-state index is 0.111. The molecular weight excluding hydrogens is 279 g/mol. The lowest BCUT2D eigenvalue weighted by Gasteiger charge is -2.05. The predicted octanol–water partition coefficient (Wildman–Crippen LogP) is 3.41. The number of nitrogens with zero attached hydrogens (tertiary/aromatic N) is 2. The van der Waals surface area contributed by atoms with E-state index in [1.807, 2.05) is 6.07 Å². The van der Waals surface area contributed by atoms with Gasteiger partial charge < -0.3 is 5.32 Å². The Labute approximate surface area is 120 Å². The van der Waals surface area contributed by atoms with Crippen molar-refractivity contribution in [3.8, 4) is 0 Å². The first-order valence-electron chi connectivity index (χ1n) is 6.86. The van der Waals surface area contributed by atoms with E-state index in [1.54, 1.807) is 25.2 Å². The molecule has 0 saturated heterocycles. The van der Waals surface area contributed by atoms with Crippen molar-refractivity contribution in [1.29, 1.82) is 0 Å². The highest BCUT2D eigenvalue weighted by Crippen LogP contribution is 2.54. The molecule has 1 unspecified atom stereocenters. The van der Waals surface area contributed by atoms with Crippen molar-refractivity contribution in [1.82, 2.24) is 15.1 Å². The quantitative estimate of drug-likeness (QED) is 0.916. The fourth-order valence-corrected chi connectivity index (χ4v) is 2.68. The first-order chi connectivity index (χ1) is 10.1. The number of hydrogen-bond acceptors (Lipinski definition) is 2. The summed E-state index contributed by atoms with van der Waals surface area (Å²) in [6, 6.07) is 6.84. The van der Waals surface area contributed by atoms with Gasteiger partial charge in [0.25, 0.3) is 0 Å². The molecule has 1 aromatic carbocycles. The molecule has 2 atom stereocenters. The molecule has 0 amide bonds. The van der Waals surface area contributed by atoms with Crippen LogP contribution in [0.2, 0.25) is 0 Å². The van der Waals surface area contributed by atoms with Gasteiger partial charge >= 0.3 is 6.55 Å². The van der Waals surface area contributed by atoms with Gasteiger partial charge in [0.2, 0.25) is 0 Å². The molecule has 21 heavy (non-hydrogen) atoms. The Hall–Kier alpha value is -1.82. The summed E-state index contributed by atoms with van der Waals surface area (Å²) in [4.78, 5) is 0. The topological polar surface area (TPSA) is 29.9 Å². The van der Waals surface area contributed by atoms with Crippen LogP contribution in [-0.2, 0) is 6.54 Å². The molecule has 112 valence electrons. The number of benzene rings is 1. The van der Waals surface area contributed by atoms with E-state index in [-0.39, 0.29) is 17.7 Å². The van der Waals surface area contributed by atoms with Crippen molar-refractivity contribution in [3.05, 3.63) is 53.1 Å². The van der Waals surface area contributed by atoms with Crippen LogP contribution in [0.3, 0.4) is 0 Å². The molecule has 0 radical (unpaired) electrons. The molecule has 2 aromatic rings. The second-order valence-electron chi connectivity index (χ2n) is 5.33. The number of halogens is 3. The van der Waals surface area contributed by atoms with Crippen molar-refractivity contribution in [2.75, 3.05) is 7.05 Å². The lowest BCUT2D eigenvalue weighted by Crippen LogP contribution is -2.07. The molecule has 1 heterocycles. The van der Waals surface area contributed by atoms with Crippen LogP contribution in [0.15, 0.2) is 30.5 Å². The van der Waals surface area contributed by atoms with Crippen molar-refractivity contribution in [2.24, 2.45) is 0 Å². The van der Waals surface area contributed by atoms with Crippen LogP contribution in [0.25, 0.3) is 0 Å². The summed E-state index contributed by atoms with van der Waals surface area (Å²) in [6.45, 7) is -2.13. The van der Waals surface area contributed by atoms with Gasteiger partial charge in [-0.1, -0.05) is 12.1 Å². The first-order valence-corrected chi connectivity index (χ1v) is 6.86. The van der Waals surface area contributed by atoms with Gasteiger partial charge in [-0.05, 0) is 37.1 Å². The number of hydrogen-bond donors (Lipinski definition) is 1. The van der Waals surface area contributed by atoms with E-state index < -0.39 is 6.55 Å². The Morgan fingerprint density at radius 1 is 1.33 bits per heavy atom. The first kappa shape index (κ1) is 14.1. The minimum Gasteiger partial charge on any atom is -0.316 e. The van der Waals surface area contributed by atoms with Crippen LogP contribution in [0.5, 0.6) is 0 Å². The highest BCUT2D eigenvalue weighted by atomic mass is 19.3. The maximum Gasteiger partial charge on any atom is 0.333 e. The second kappa shape index (κ2) is 5.52. The molecule has 0 bridgehead atoms. The molecule has 1 fully saturated rings. The minimum atomic E-state index is -2.62. The normalized spacial score (nSPS) is 21.0. The summed E-state index contributed by atoms with van der Waals surface area (Å²) < 4.78 is 39.6. The van der Waals surface area contributed by atoms with Crippen molar-refractivity contribution in [3.63, 3.8) is 0 Å². The third kappa shape index (κ3) is 2.81. The fraction of sp³-hybridized carbons (Fsp3) is 0.400. The van der Waals surface area contributed by atoms with Crippen LogP contribution >= 0.6 is 0 Å². The van der Waals surface area contributed by atoms with Gasteiger partial charge in [0.15, 0.2) is 0 Å². The zero-order chi connectivity index (χ0) is 15.0. The molecule has 1 aromatic heterocycles. The molecule has 3 nitrogen and oxygen atoms in total. The summed E-state index contributed by atoms with van der Waals surface area (Å²) in [7, 11) is 1.77. The summed E-state index contributed by atoms with van der Waals surface area (Å²) in [5.41, 5.74) is 2.18. The molecule has 3 rings (SSSR count). The summed E-state index contributed by atoms with van der Waals surface area (Å²) >= 11 is 0. The van der Waals surface area contributed by atoms with E-state index in [2.05, 4.69) is 10.4 Å². The second-order valence-corrected chi connectivity index (χ2v) is 5.33. The van der Waals surface area contributed by atoms with Gasteiger partial charge in [0.1, 0.15) is 5.82 Å². The van der Waals surface area contributed by atoms with E-state index in [9.17, 15) is 13.2 Å². The monoisotopic (exact) mass is 295 g/mol. The molecule has 1 aliphatic carbocycles. The van der Waals surface area contributed by atoms with Crippen LogP contribution < -0.4 is 5.32 Å². The predicted molar refractivity (Wildman–Crippen MR) is 72.7 cm³/mol. The Morgan fingerprint density at radius 3 is 2.76 bits per heavy atom. The Balaban J connectivity index is 1.73. The van der Waals surface area contributed by atoms with E-state index in [0.29, 0.717) is 22.5 Å². The van der Waals surface area contributed by atoms with E-state index in [1.165, 1.54) is 6.20 Å². The van der Waals surface area contributed by atoms with Gasteiger partial charge in [0.05, 0.1) is 5.69 Å². The number of rotatable bonds is 5. The van der Waals surface area contributed by atoms with Crippen molar-refractivity contribution >= 4 is 0 Å². The number of aromatic nitrogens is 2. The summed E-state index contributed by atoms with van der Waals surface area (Å²) in [5.74, 6) is 0.0503. The van der Waals surface area contributed by atoms with E-state index in [4.69, 9.17) is 0 Å². The Bertz CT molecular complexity index is 639. The van der Waals surface area contributed by atoms with Crippen molar-refractivity contribution in [2.45, 2.75) is 31.4 Å². The highest BCUT2D eigenvalue weighted by Gasteiger charge is 2.41. The maximum atomic E-state index is 13.9. The van der Waals surface area contributed by atoms with Crippen LogP contribution in [0.1, 0.15) is 41.6 Å². The smallest absolute Gasteiger partial charge is 0.316 e. The average Bonchev–Trinajstić information content (AvgIpc) is 3.09. The highest BCUT2D eigenvalue weighted by molar-refractivity contribution is 5.35. The van der Waals surface area contributed by atoms with Gasteiger partial charge in [-0.2, -0.15) is 13.9 Å². The van der Waals surface area contributed by atoms with E-state index >= 15 is 0 Å².